The molecule has 5 nitrogen and oxygen atoms in total. The topological polar surface area (TPSA) is 83.8 Å². The van der Waals surface area contributed by atoms with Gasteiger partial charge in [-0.1, -0.05) is 0 Å². The van der Waals surface area contributed by atoms with Crippen LogP contribution in [0.1, 0.15) is 6.92 Å². The molecule has 0 aromatic carbocycles. The van der Waals surface area contributed by atoms with Gasteiger partial charge in [0.1, 0.15) is 5.57 Å². The first kappa shape index (κ1) is 10.6. The average Bonchev–Trinajstić information content (AvgIpc) is 1.98. The van der Waals surface area contributed by atoms with Gasteiger partial charge in [0.2, 0.25) is 0 Å². The summed E-state index contributed by atoms with van der Waals surface area (Å²) in [5, 5.41) is 16.8. The van der Waals surface area contributed by atoms with Crippen LogP contribution in [0.2, 0.25) is 0 Å². The molecule has 68 valence electrons. The number of carboxylic acids is 2. The van der Waals surface area contributed by atoms with Crippen molar-refractivity contribution in [3.8, 4) is 0 Å². The molecule has 0 spiro atoms. The first-order valence-electron chi connectivity index (χ1n) is 3.20. The van der Waals surface area contributed by atoms with Gasteiger partial charge >= 0.3 is 11.9 Å². The zero-order valence-electron chi connectivity index (χ0n) is 6.77. The van der Waals surface area contributed by atoms with Crippen LogP contribution in [0, 0.1) is 0 Å². The predicted molar refractivity (Wildman–Crippen MR) is 39.8 cm³/mol. The van der Waals surface area contributed by atoms with Crippen LogP contribution in [0.5, 0.6) is 0 Å². The Kier molecular flexibility index (Phi) is 3.99. The number of methoxy groups -OCH3 is 1. The van der Waals surface area contributed by atoms with Crippen LogP contribution in [0.25, 0.3) is 0 Å². The zero-order valence-corrected chi connectivity index (χ0v) is 6.77. The molecule has 0 amide bonds. The van der Waals surface area contributed by atoms with Crippen molar-refractivity contribution in [2.24, 2.45) is 0 Å². The molecule has 0 aromatic heterocycles. The number of hydrogen-bond donors (Lipinski definition) is 2. The molecule has 0 aliphatic heterocycles. The van der Waals surface area contributed by atoms with E-state index in [1.165, 1.54) is 7.11 Å². The number of aliphatic carboxylic acids is 2. The molecule has 0 radical (unpaired) electrons. The van der Waals surface area contributed by atoms with Crippen molar-refractivity contribution in [1.82, 2.24) is 0 Å². The molecule has 1 unspecified atom stereocenters. The van der Waals surface area contributed by atoms with Crippen LogP contribution in [0.15, 0.2) is 11.6 Å². The fourth-order valence-corrected chi connectivity index (χ4v) is 0.537. The summed E-state index contributed by atoms with van der Waals surface area (Å²) in [6, 6.07) is 0. The minimum atomic E-state index is -1.47. The highest BCUT2D eigenvalue weighted by Gasteiger charge is 2.16. The first-order chi connectivity index (χ1) is 5.49. The fourth-order valence-electron chi connectivity index (χ4n) is 0.537. The van der Waals surface area contributed by atoms with Crippen LogP contribution in [0.4, 0.5) is 0 Å². The van der Waals surface area contributed by atoms with Gasteiger partial charge in [-0.15, -0.1) is 0 Å². The Morgan fingerprint density at radius 1 is 1.33 bits per heavy atom. The molecule has 2 N–H and O–H groups in total. The molecule has 12 heavy (non-hydrogen) atoms. The zero-order chi connectivity index (χ0) is 9.72. The Hall–Kier alpha value is -1.36. The van der Waals surface area contributed by atoms with Crippen molar-refractivity contribution < 1.29 is 24.5 Å². The van der Waals surface area contributed by atoms with E-state index in [1.54, 1.807) is 6.92 Å². The van der Waals surface area contributed by atoms with E-state index >= 15 is 0 Å². The van der Waals surface area contributed by atoms with Crippen LogP contribution in [-0.2, 0) is 14.3 Å². The maximum Gasteiger partial charge on any atom is 0.342 e. The van der Waals surface area contributed by atoms with Crippen LogP contribution in [-0.4, -0.2) is 35.4 Å². The normalized spacial score (nSPS) is 11.8. The molecule has 0 saturated carbocycles. The van der Waals surface area contributed by atoms with E-state index < -0.39 is 23.6 Å². The lowest BCUT2D eigenvalue weighted by atomic mass is 10.2. The van der Waals surface area contributed by atoms with Gasteiger partial charge in [-0.05, 0) is 13.0 Å². The lowest BCUT2D eigenvalue weighted by Crippen LogP contribution is -2.14. The van der Waals surface area contributed by atoms with E-state index in [4.69, 9.17) is 10.2 Å². The highest BCUT2D eigenvalue weighted by atomic mass is 16.5. The second-order valence-corrected chi connectivity index (χ2v) is 2.13. The highest BCUT2D eigenvalue weighted by molar-refractivity contribution is 6.12. The number of hydrogen-bond acceptors (Lipinski definition) is 3. The van der Waals surface area contributed by atoms with Crippen molar-refractivity contribution in [2.75, 3.05) is 7.11 Å². The van der Waals surface area contributed by atoms with Crippen LogP contribution in [0.3, 0.4) is 0 Å². The van der Waals surface area contributed by atoms with Gasteiger partial charge in [-0.25, -0.2) is 9.59 Å². The highest BCUT2D eigenvalue weighted by Crippen LogP contribution is 2.00. The molecular weight excluding hydrogens is 164 g/mol. The fraction of sp³-hybridized carbons (Fsp3) is 0.429. The first-order valence-corrected chi connectivity index (χ1v) is 3.20. The van der Waals surface area contributed by atoms with E-state index in [-0.39, 0.29) is 0 Å². The van der Waals surface area contributed by atoms with E-state index in [9.17, 15) is 9.59 Å². The van der Waals surface area contributed by atoms with E-state index in [1.807, 2.05) is 0 Å². The third-order valence-corrected chi connectivity index (χ3v) is 1.23. The SMILES string of the molecule is COC(C)C=C(C(=O)O)C(=O)O. The smallest absolute Gasteiger partial charge is 0.342 e. The van der Waals surface area contributed by atoms with Gasteiger partial charge in [0.25, 0.3) is 0 Å². The third-order valence-electron chi connectivity index (χ3n) is 1.23. The summed E-state index contributed by atoms with van der Waals surface area (Å²) in [6.45, 7) is 1.55. The predicted octanol–water partition coefficient (Wildman–Crippen LogP) is 0.117. The maximum atomic E-state index is 10.3. The number of carbonyl (C=O) groups is 2. The Morgan fingerprint density at radius 2 is 1.75 bits per heavy atom. The van der Waals surface area contributed by atoms with Crippen LogP contribution >= 0.6 is 0 Å². The van der Waals surface area contributed by atoms with Crippen molar-refractivity contribution in [2.45, 2.75) is 13.0 Å². The largest absolute Gasteiger partial charge is 0.477 e. The van der Waals surface area contributed by atoms with Crippen molar-refractivity contribution in [3.63, 3.8) is 0 Å². The molecule has 0 bridgehead atoms. The van der Waals surface area contributed by atoms with Crippen molar-refractivity contribution in [3.05, 3.63) is 11.6 Å². The van der Waals surface area contributed by atoms with E-state index in [0.717, 1.165) is 6.08 Å². The van der Waals surface area contributed by atoms with Gasteiger partial charge in [-0.2, -0.15) is 0 Å². The third kappa shape index (κ3) is 3.16. The van der Waals surface area contributed by atoms with Crippen molar-refractivity contribution >= 4 is 11.9 Å². The summed E-state index contributed by atoms with van der Waals surface area (Å²) in [5.41, 5.74) is -0.677. The quantitative estimate of drug-likeness (QED) is 0.359. The minimum Gasteiger partial charge on any atom is -0.477 e. The van der Waals surface area contributed by atoms with Gasteiger partial charge in [0, 0.05) is 7.11 Å². The maximum absolute atomic E-state index is 10.3. The van der Waals surface area contributed by atoms with Gasteiger partial charge in [0.15, 0.2) is 0 Å². The molecule has 0 fully saturated rings. The Bertz CT molecular complexity index is 202. The Labute approximate surface area is 69.3 Å². The summed E-state index contributed by atoms with van der Waals surface area (Å²) in [7, 11) is 1.36. The number of carboxylic acid groups (broad SMARTS) is 2. The monoisotopic (exact) mass is 174 g/mol. The molecule has 0 aliphatic carbocycles. The van der Waals surface area contributed by atoms with Gasteiger partial charge in [-0.3, -0.25) is 0 Å². The number of ether oxygens (including phenoxy) is 1. The number of rotatable bonds is 4. The molecule has 5 heteroatoms. The van der Waals surface area contributed by atoms with Crippen molar-refractivity contribution in [1.29, 1.82) is 0 Å². The van der Waals surface area contributed by atoms with E-state index in [0.29, 0.717) is 0 Å². The molecule has 0 aromatic rings. The minimum absolute atomic E-state index is 0.521. The summed E-state index contributed by atoms with van der Waals surface area (Å²) in [4.78, 5) is 20.6. The lowest BCUT2D eigenvalue weighted by Gasteiger charge is -2.03. The molecule has 0 heterocycles. The molecule has 0 rings (SSSR count). The van der Waals surface area contributed by atoms with Gasteiger partial charge in [0.05, 0.1) is 6.10 Å². The Morgan fingerprint density at radius 3 is 2.00 bits per heavy atom. The lowest BCUT2D eigenvalue weighted by molar-refractivity contribution is -0.140. The summed E-state index contributed by atoms with van der Waals surface area (Å²) >= 11 is 0. The standard InChI is InChI=1S/C7H10O5/c1-4(12-2)3-5(6(8)9)7(10)11/h3-4H,1-2H3,(H,8,9)(H,10,11). The molecule has 1 atom stereocenters. The second kappa shape index (κ2) is 4.50. The summed E-state index contributed by atoms with van der Waals surface area (Å²) in [6.07, 6.45) is 0.511. The summed E-state index contributed by atoms with van der Waals surface area (Å²) < 4.78 is 4.68. The molecule has 0 aliphatic rings. The average molecular weight is 174 g/mol. The van der Waals surface area contributed by atoms with Crippen LogP contribution < -0.4 is 0 Å². The summed E-state index contributed by atoms with van der Waals surface area (Å²) in [5.74, 6) is -2.93. The molecular formula is C7H10O5. The van der Waals surface area contributed by atoms with E-state index in [2.05, 4.69) is 4.74 Å². The van der Waals surface area contributed by atoms with Gasteiger partial charge < -0.3 is 14.9 Å². The molecule has 0 saturated heterocycles. The second-order valence-electron chi connectivity index (χ2n) is 2.13. The Balaban J connectivity index is 4.61.